The lowest BCUT2D eigenvalue weighted by Crippen LogP contribution is -2.04. The van der Waals surface area contributed by atoms with Crippen LogP contribution in [0.1, 0.15) is 32.3 Å². The van der Waals surface area contributed by atoms with Gasteiger partial charge in [-0.15, -0.1) is 0 Å². The number of aromatic amines is 1. The van der Waals surface area contributed by atoms with Gasteiger partial charge < -0.3 is 9.72 Å². The van der Waals surface area contributed by atoms with Crippen molar-refractivity contribution in [1.29, 1.82) is 0 Å². The summed E-state index contributed by atoms with van der Waals surface area (Å²) in [7, 11) is 0. The maximum atomic E-state index is 11.1. The minimum Gasteiger partial charge on any atom is -0.466 e. The summed E-state index contributed by atoms with van der Waals surface area (Å²) in [4.78, 5) is 24.8. The van der Waals surface area contributed by atoms with Crippen molar-refractivity contribution in [1.82, 2.24) is 4.98 Å². The molecule has 4 heteroatoms. The molecule has 1 N–H and O–H groups in total. The van der Waals surface area contributed by atoms with Gasteiger partial charge >= 0.3 is 5.97 Å². The van der Waals surface area contributed by atoms with Crippen LogP contribution >= 0.6 is 0 Å². The number of esters is 1. The monoisotopic (exact) mass is 235 g/mol. The quantitative estimate of drug-likeness (QED) is 0.795. The molecule has 17 heavy (non-hydrogen) atoms. The Labute approximate surface area is 100 Å². The Morgan fingerprint density at radius 3 is 2.88 bits per heavy atom. The second kappa shape index (κ2) is 6.68. The average Bonchev–Trinajstić information content (AvgIpc) is 2.27. The molecule has 0 radical (unpaired) electrons. The van der Waals surface area contributed by atoms with Crippen LogP contribution in [0.25, 0.3) is 6.08 Å². The molecule has 0 aliphatic heterocycles. The number of hydrogen-bond acceptors (Lipinski definition) is 3. The summed E-state index contributed by atoms with van der Waals surface area (Å²) in [5.74, 6) is -0.189. The van der Waals surface area contributed by atoms with Gasteiger partial charge in [-0.2, -0.15) is 0 Å². The smallest absolute Gasteiger partial charge is 0.306 e. The van der Waals surface area contributed by atoms with E-state index in [0.717, 1.165) is 11.1 Å². The van der Waals surface area contributed by atoms with Gasteiger partial charge in [-0.1, -0.05) is 11.6 Å². The van der Waals surface area contributed by atoms with Crippen molar-refractivity contribution < 1.29 is 9.53 Å². The number of hydrogen-bond donors (Lipinski definition) is 1. The molecule has 1 aromatic rings. The van der Waals surface area contributed by atoms with Crippen molar-refractivity contribution in [3.05, 3.63) is 39.8 Å². The third-order valence-electron chi connectivity index (χ3n) is 2.24. The molecule has 0 unspecified atom stereocenters. The first kappa shape index (κ1) is 13.2. The van der Waals surface area contributed by atoms with Crippen LogP contribution < -0.4 is 5.56 Å². The molecule has 1 aromatic heterocycles. The first-order valence-electron chi connectivity index (χ1n) is 5.63. The second-order valence-corrected chi connectivity index (χ2v) is 3.78. The van der Waals surface area contributed by atoms with Crippen molar-refractivity contribution in [2.45, 2.75) is 26.7 Å². The maximum absolute atomic E-state index is 11.1. The minimum atomic E-state index is -0.189. The molecule has 0 aliphatic rings. The zero-order valence-corrected chi connectivity index (χ0v) is 10.2. The third kappa shape index (κ3) is 5.15. The fourth-order valence-electron chi connectivity index (χ4n) is 1.44. The predicted molar refractivity (Wildman–Crippen MR) is 66.6 cm³/mol. The first-order valence-corrected chi connectivity index (χ1v) is 5.63. The Morgan fingerprint density at radius 1 is 1.47 bits per heavy atom. The number of nitrogens with one attached hydrogen (secondary N) is 1. The Balaban J connectivity index is 2.55. The van der Waals surface area contributed by atoms with Crippen molar-refractivity contribution in [3.8, 4) is 0 Å². The summed E-state index contributed by atoms with van der Waals surface area (Å²) in [6, 6.07) is 3.34. The van der Waals surface area contributed by atoms with Crippen molar-refractivity contribution in [3.63, 3.8) is 0 Å². The summed E-state index contributed by atoms with van der Waals surface area (Å²) in [5.41, 5.74) is 1.76. The van der Waals surface area contributed by atoms with E-state index in [4.69, 9.17) is 4.74 Å². The molecule has 92 valence electrons. The number of rotatable bonds is 5. The topological polar surface area (TPSA) is 59.2 Å². The number of H-pyrrole nitrogens is 1. The highest BCUT2D eigenvalue weighted by Crippen LogP contribution is 2.10. The minimum absolute atomic E-state index is 0.128. The second-order valence-electron chi connectivity index (χ2n) is 3.78. The zero-order valence-electron chi connectivity index (χ0n) is 10.2. The van der Waals surface area contributed by atoms with E-state index in [1.165, 1.54) is 6.07 Å². The summed E-state index contributed by atoms with van der Waals surface area (Å²) in [5, 5.41) is 0. The van der Waals surface area contributed by atoms with E-state index in [1.807, 2.05) is 19.1 Å². The van der Waals surface area contributed by atoms with Gasteiger partial charge in [-0.05, 0) is 31.9 Å². The van der Waals surface area contributed by atoms with Gasteiger partial charge in [0.2, 0.25) is 5.56 Å². The van der Waals surface area contributed by atoms with E-state index >= 15 is 0 Å². The molecule has 0 aromatic carbocycles. The van der Waals surface area contributed by atoms with E-state index < -0.39 is 0 Å². The molecular formula is C13H17NO3. The van der Waals surface area contributed by atoms with Gasteiger partial charge in [-0.25, -0.2) is 0 Å². The molecule has 0 fully saturated rings. The Kier molecular flexibility index (Phi) is 5.20. The molecule has 0 spiro atoms. The summed E-state index contributed by atoms with van der Waals surface area (Å²) in [6.07, 6.45) is 4.52. The first-order chi connectivity index (χ1) is 8.11. The number of carbonyl (C=O) groups excluding carboxylic acids is 1. The number of carbonyl (C=O) groups is 1. The molecule has 0 saturated carbocycles. The van der Waals surface area contributed by atoms with E-state index in [-0.39, 0.29) is 11.5 Å². The Bertz CT molecular complexity index is 460. The van der Waals surface area contributed by atoms with Gasteiger partial charge in [0.25, 0.3) is 0 Å². The SMILES string of the molecule is CCOC(=O)CC/C(C)=C/c1cc[nH]c(=O)c1. The summed E-state index contributed by atoms with van der Waals surface area (Å²) >= 11 is 0. The van der Waals surface area contributed by atoms with Crippen molar-refractivity contribution >= 4 is 12.0 Å². The lowest BCUT2D eigenvalue weighted by atomic mass is 10.1. The molecule has 0 bridgehead atoms. The highest BCUT2D eigenvalue weighted by atomic mass is 16.5. The van der Waals surface area contributed by atoms with Crippen LogP contribution in [0.2, 0.25) is 0 Å². The van der Waals surface area contributed by atoms with Crippen molar-refractivity contribution in [2.75, 3.05) is 6.61 Å². The van der Waals surface area contributed by atoms with E-state index in [2.05, 4.69) is 4.98 Å². The van der Waals surface area contributed by atoms with Crippen LogP contribution in [0.15, 0.2) is 28.7 Å². The van der Waals surface area contributed by atoms with Gasteiger partial charge in [0.05, 0.1) is 6.61 Å². The van der Waals surface area contributed by atoms with Crippen LogP contribution in [0, 0.1) is 0 Å². The van der Waals surface area contributed by atoms with E-state index in [0.29, 0.717) is 19.4 Å². The Hall–Kier alpha value is -1.84. The molecule has 0 saturated heterocycles. The number of ether oxygens (including phenoxy) is 1. The molecular weight excluding hydrogens is 218 g/mol. The van der Waals surface area contributed by atoms with Crippen LogP contribution in [-0.4, -0.2) is 17.6 Å². The van der Waals surface area contributed by atoms with Gasteiger partial charge in [0.1, 0.15) is 0 Å². The number of allylic oxidation sites excluding steroid dienone is 1. The molecule has 1 rings (SSSR count). The van der Waals surface area contributed by atoms with E-state index in [9.17, 15) is 9.59 Å². The molecule has 1 heterocycles. The number of pyridine rings is 1. The normalized spacial score (nSPS) is 11.3. The lowest BCUT2D eigenvalue weighted by Gasteiger charge is -2.02. The van der Waals surface area contributed by atoms with Gasteiger partial charge in [0.15, 0.2) is 0 Å². The zero-order chi connectivity index (χ0) is 12.7. The van der Waals surface area contributed by atoms with E-state index in [1.54, 1.807) is 13.1 Å². The van der Waals surface area contributed by atoms with Gasteiger partial charge in [0, 0.05) is 18.7 Å². The van der Waals surface area contributed by atoms with Crippen LogP contribution in [0.3, 0.4) is 0 Å². The van der Waals surface area contributed by atoms with Crippen LogP contribution in [0.5, 0.6) is 0 Å². The predicted octanol–water partition coefficient (Wildman–Crippen LogP) is 2.12. The highest BCUT2D eigenvalue weighted by Gasteiger charge is 2.01. The van der Waals surface area contributed by atoms with Crippen LogP contribution in [-0.2, 0) is 9.53 Å². The molecule has 0 atom stereocenters. The summed E-state index contributed by atoms with van der Waals surface area (Å²) < 4.78 is 4.84. The third-order valence-corrected chi connectivity index (χ3v) is 2.24. The summed E-state index contributed by atoms with van der Waals surface area (Å²) in [6.45, 7) is 4.13. The van der Waals surface area contributed by atoms with Gasteiger partial charge in [-0.3, -0.25) is 9.59 Å². The average molecular weight is 235 g/mol. The fourth-order valence-corrected chi connectivity index (χ4v) is 1.44. The van der Waals surface area contributed by atoms with Crippen molar-refractivity contribution in [2.24, 2.45) is 0 Å². The largest absolute Gasteiger partial charge is 0.466 e. The molecule has 0 amide bonds. The Morgan fingerprint density at radius 2 is 2.24 bits per heavy atom. The molecule has 0 aliphatic carbocycles. The molecule has 4 nitrogen and oxygen atoms in total. The number of aromatic nitrogens is 1. The standard InChI is InChI=1S/C13H17NO3/c1-3-17-13(16)5-4-10(2)8-11-6-7-14-12(15)9-11/h6-9H,3-5H2,1-2H3,(H,14,15)/b10-8+. The lowest BCUT2D eigenvalue weighted by molar-refractivity contribution is -0.143. The van der Waals surface area contributed by atoms with Crippen LogP contribution in [0.4, 0.5) is 0 Å². The highest BCUT2D eigenvalue weighted by molar-refractivity contribution is 5.70. The fraction of sp³-hybridized carbons (Fsp3) is 0.385. The maximum Gasteiger partial charge on any atom is 0.306 e.